The second-order valence-corrected chi connectivity index (χ2v) is 3.32. The molecule has 3 heteroatoms. The van der Waals surface area contributed by atoms with E-state index in [4.69, 9.17) is 11.5 Å². The first-order chi connectivity index (χ1) is 5.41. The standard InChI is InChI=1S/C9H13FN2/c1-9(2,10)6-3-4-7(11)8(12)5-6/h3-5H,11-12H2,1-2H3. The molecule has 0 aliphatic rings. The van der Waals surface area contributed by atoms with Crippen LogP contribution in [0.25, 0.3) is 0 Å². The average Bonchev–Trinajstić information content (AvgIpc) is 1.92. The molecule has 0 bridgehead atoms. The molecule has 0 unspecified atom stereocenters. The van der Waals surface area contributed by atoms with Crippen molar-refractivity contribution < 1.29 is 4.39 Å². The average molecular weight is 168 g/mol. The smallest absolute Gasteiger partial charge is 0.130 e. The summed E-state index contributed by atoms with van der Waals surface area (Å²) in [7, 11) is 0. The summed E-state index contributed by atoms with van der Waals surface area (Å²) in [6.45, 7) is 2.97. The zero-order chi connectivity index (χ0) is 9.35. The molecule has 0 saturated heterocycles. The highest BCUT2D eigenvalue weighted by atomic mass is 19.1. The molecule has 0 heterocycles. The molecule has 1 aromatic rings. The summed E-state index contributed by atoms with van der Waals surface area (Å²) in [4.78, 5) is 0. The number of nitrogen functional groups attached to an aromatic ring is 2. The lowest BCUT2D eigenvalue weighted by Gasteiger charge is -2.15. The van der Waals surface area contributed by atoms with Gasteiger partial charge in [-0.1, -0.05) is 6.07 Å². The third-order valence-electron chi connectivity index (χ3n) is 1.77. The summed E-state index contributed by atoms with van der Waals surface area (Å²) in [6, 6.07) is 4.83. The minimum absolute atomic E-state index is 0.429. The van der Waals surface area contributed by atoms with Crippen LogP contribution >= 0.6 is 0 Å². The lowest BCUT2D eigenvalue weighted by atomic mass is 9.99. The van der Waals surface area contributed by atoms with Crippen LogP contribution in [0, 0.1) is 0 Å². The molecule has 0 saturated carbocycles. The highest BCUT2D eigenvalue weighted by molar-refractivity contribution is 5.64. The maximum absolute atomic E-state index is 13.3. The van der Waals surface area contributed by atoms with Gasteiger partial charge in [0.2, 0.25) is 0 Å². The predicted molar refractivity (Wildman–Crippen MR) is 49.4 cm³/mol. The Morgan fingerprint density at radius 2 is 1.75 bits per heavy atom. The molecule has 12 heavy (non-hydrogen) atoms. The summed E-state index contributed by atoms with van der Waals surface area (Å²) in [5.41, 5.74) is 11.1. The van der Waals surface area contributed by atoms with E-state index in [1.165, 1.54) is 13.8 Å². The number of alkyl halides is 1. The van der Waals surface area contributed by atoms with E-state index in [0.717, 1.165) is 0 Å². The lowest BCUT2D eigenvalue weighted by Crippen LogP contribution is -2.09. The quantitative estimate of drug-likeness (QED) is 0.630. The predicted octanol–water partition coefficient (Wildman–Crippen LogP) is 2.06. The Balaban J connectivity index is 3.14. The normalized spacial score (nSPS) is 11.6. The first-order valence-electron chi connectivity index (χ1n) is 3.75. The van der Waals surface area contributed by atoms with Gasteiger partial charge in [0.05, 0.1) is 11.4 Å². The van der Waals surface area contributed by atoms with Gasteiger partial charge in [-0.15, -0.1) is 0 Å². The van der Waals surface area contributed by atoms with Crippen LogP contribution in [-0.2, 0) is 5.67 Å². The molecular weight excluding hydrogens is 155 g/mol. The van der Waals surface area contributed by atoms with E-state index in [1.807, 2.05) is 0 Å². The monoisotopic (exact) mass is 168 g/mol. The van der Waals surface area contributed by atoms with Crippen LogP contribution in [0.2, 0.25) is 0 Å². The number of hydrogen-bond donors (Lipinski definition) is 2. The number of benzene rings is 1. The Bertz CT molecular complexity index is 289. The zero-order valence-electron chi connectivity index (χ0n) is 7.26. The highest BCUT2D eigenvalue weighted by Crippen LogP contribution is 2.28. The first kappa shape index (κ1) is 8.84. The van der Waals surface area contributed by atoms with Crippen molar-refractivity contribution >= 4 is 11.4 Å². The number of hydrogen-bond acceptors (Lipinski definition) is 2. The van der Waals surface area contributed by atoms with Crippen molar-refractivity contribution in [2.24, 2.45) is 0 Å². The van der Waals surface area contributed by atoms with Crippen LogP contribution in [0.3, 0.4) is 0 Å². The van der Waals surface area contributed by atoms with Gasteiger partial charge < -0.3 is 11.5 Å². The van der Waals surface area contributed by atoms with Gasteiger partial charge in [0.1, 0.15) is 5.67 Å². The van der Waals surface area contributed by atoms with Crippen LogP contribution in [0.5, 0.6) is 0 Å². The molecule has 0 aliphatic heterocycles. The van der Waals surface area contributed by atoms with Crippen LogP contribution < -0.4 is 11.5 Å². The van der Waals surface area contributed by atoms with Crippen LogP contribution in [-0.4, -0.2) is 0 Å². The van der Waals surface area contributed by atoms with Crippen LogP contribution in [0.1, 0.15) is 19.4 Å². The van der Waals surface area contributed by atoms with E-state index in [2.05, 4.69) is 0 Å². The molecule has 1 aromatic carbocycles. The third-order valence-corrected chi connectivity index (χ3v) is 1.77. The van der Waals surface area contributed by atoms with Crippen molar-refractivity contribution in [1.29, 1.82) is 0 Å². The van der Waals surface area contributed by atoms with E-state index in [9.17, 15) is 4.39 Å². The van der Waals surface area contributed by atoms with Crippen LogP contribution in [0.15, 0.2) is 18.2 Å². The van der Waals surface area contributed by atoms with Gasteiger partial charge in [0, 0.05) is 0 Å². The van der Waals surface area contributed by atoms with Crippen LogP contribution in [0.4, 0.5) is 15.8 Å². The molecule has 0 aromatic heterocycles. The van der Waals surface area contributed by atoms with Crippen molar-refractivity contribution in [3.63, 3.8) is 0 Å². The Hall–Kier alpha value is -1.25. The van der Waals surface area contributed by atoms with E-state index in [1.54, 1.807) is 18.2 Å². The number of nitrogens with two attached hydrogens (primary N) is 2. The number of rotatable bonds is 1. The molecule has 66 valence electrons. The van der Waals surface area contributed by atoms with Crippen molar-refractivity contribution in [1.82, 2.24) is 0 Å². The van der Waals surface area contributed by atoms with Gasteiger partial charge in [0.15, 0.2) is 0 Å². The molecule has 0 atom stereocenters. The molecule has 0 amide bonds. The van der Waals surface area contributed by atoms with Gasteiger partial charge in [-0.2, -0.15) is 0 Å². The molecule has 0 aliphatic carbocycles. The second-order valence-electron chi connectivity index (χ2n) is 3.32. The summed E-state index contributed by atoms with van der Waals surface area (Å²) in [5.74, 6) is 0. The fourth-order valence-electron chi connectivity index (χ4n) is 0.945. The molecule has 2 nitrogen and oxygen atoms in total. The van der Waals surface area contributed by atoms with Gasteiger partial charge in [-0.05, 0) is 31.5 Å². The van der Waals surface area contributed by atoms with Crippen molar-refractivity contribution in [2.45, 2.75) is 19.5 Å². The largest absolute Gasteiger partial charge is 0.397 e. The van der Waals surface area contributed by atoms with Crippen molar-refractivity contribution in [2.75, 3.05) is 11.5 Å². The summed E-state index contributed by atoms with van der Waals surface area (Å²) < 4.78 is 13.3. The number of anilines is 2. The molecule has 0 spiro atoms. The van der Waals surface area contributed by atoms with E-state index in [-0.39, 0.29) is 0 Å². The topological polar surface area (TPSA) is 52.0 Å². The maximum atomic E-state index is 13.3. The molecule has 0 fully saturated rings. The van der Waals surface area contributed by atoms with E-state index >= 15 is 0 Å². The fraction of sp³-hybridized carbons (Fsp3) is 0.333. The molecule has 4 N–H and O–H groups in total. The highest BCUT2D eigenvalue weighted by Gasteiger charge is 2.18. The maximum Gasteiger partial charge on any atom is 0.130 e. The Morgan fingerprint density at radius 3 is 2.17 bits per heavy atom. The summed E-state index contributed by atoms with van der Waals surface area (Å²) in [6.07, 6.45) is 0. The number of halogens is 1. The van der Waals surface area contributed by atoms with Gasteiger partial charge in [-0.25, -0.2) is 4.39 Å². The van der Waals surface area contributed by atoms with Gasteiger partial charge in [0.25, 0.3) is 0 Å². The summed E-state index contributed by atoms with van der Waals surface area (Å²) >= 11 is 0. The first-order valence-corrected chi connectivity index (χ1v) is 3.75. The Kier molecular flexibility index (Phi) is 1.96. The van der Waals surface area contributed by atoms with Gasteiger partial charge >= 0.3 is 0 Å². The molecule has 1 rings (SSSR count). The SMILES string of the molecule is CC(C)(F)c1ccc(N)c(N)c1. The third kappa shape index (κ3) is 1.67. The van der Waals surface area contributed by atoms with E-state index < -0.39 is 5.67 Å². The summed E-state index contributed by atoms with van der Waals surface area (Å²) in [5, 5.41) is 0. The second kappa shape index (κ2) is 2.66. The van der Waals surface area contributed by atoms with Crippen molar-refractivity contribution in [3.8, 4) is 0 Å². The molecular formula is C9H13FN2. The zero-order valence-corrected chi connectivity index (χ0v) is 7.26. The Morgan fingerprint density at radius 1 is 1.17 bits per heavy atom. The van der Waals surface area contributed by atoms with Crippen molar-refractivity contribution in [3.05, 3.63) is 23.8 Å². The fourth-order valence-corrected chi connectivity index (χ4v) is 0.945. The minimum Gasteiger partial charge on any atom is -0.397 e. The van der Waals surface area contributed by atoms with E-state index in [0.29, 0.717) is 16.9 Å². The van der Waals surface area contributed by atoms with Gasteiger partial charge in [-0.3, -0.25) is 0 Å². The molecule has 0 radical (unpaired) electrons. The lowest BCUT2D eigenvalue weighted by molar-refractivity contribution is 0.221. The minimum atomic E-state index is -1.36. The Labute approximate surface area is 71.4 Å².